The van der Waals surface area contributed by atoms with Gasteiger partial charge in [0, 0.05) is 11.1 Å². The van der Waals surface area contributed by atoms with Crippen molar-refractivity contribution in [2.75, 3.05) is 19.0 Å². The second-order valence-electron chi connectivity index (χ2n) is 8.89. The molecule has 0 saturated carbocycles. The summed E-state index contributed by atoms with van der Waals surface area (Å²) in [5.74, 6) is -1.63. The fraction of sp³-hybridized carbons (Fsp3) is 0.609. The second kappa shape index (κ2) is 11.0. The van der Waals surface area contributed by atoms with E-state index < -0.39 is 28.7 Å². The quantitative estimate of drug-likeness (QED) is 0.314. The van der Waals surface area contributed by atoms with Gasteiger partial charge >= 0.3 is 11.9 Å². The van der Waals surface area contributed by atoms with E-state index in [1.54, 1.807) is 39.8 Å². The fourth-order valence-electron chi connectivity index (χ4n) is 3.20. The number of esters is 2. The van der Waals surface area contributed by atoms with E-state index in [0.29, 0.717) is 12.3 Å². The molecule has 1 aromatic rings. The number of methoxy groups -OCH3 is 1. The summed E-state index contributed by atoms with van der Waals surface area (Å²) in [4.78, 5) is 37.8. The highest BCUT2D eigenvalue weighted by Crippen LogP contribution is 2.36. The lowest BCUT2D eigenvalue weighted by Gasteiger charge is -2.31. The number of phenolic OH excluding ortho intramolecular Hbond substituents is 1. The zero-order chi connectivity index (χ0) is 22.9. The van der Waals surface area contributed by atoms with E-state index in [-0.39, 0.29) is 24.5 Å². The van der Waals surface area contributed by atoms with Crippen molar-refractivity contribution in [2.24, 2.45) is 16.7 Å². The Morgan fingerprint density at radius 3 is 2.13 bits per heavy atom. The molecule has 0 aliphatic carbocycles. The molecular formula is C23H35NO6. The van der Waals surface area contributed by atoms with Crippen molar-refractivity contribution < 1.29 is 29.0 Å². The van der Waals surface area contributed by atoms with Gasteiger partial charge in [0.15, 0.2) is 0 Å². The lowest BCUT2D eigenvalue weighted by Crippen LogP contribution is -2.38. The Hall–Kier alpha value is -2.57. The molecule has 0 heterocycles. The summed E-state index contributed by atoms with van der Waals surface area (Å²) in [5, 5.41) is 12.2. The zero-order valence-corrected chi connectivity index (χ0v) is 18.9. The maximum absolute atomic E-state index is 12.9. The number of aromatic hydroxyl groups is 1. The Labute approximate surface area is 179 Å². The molecule has 1 amide bonds. The molecule has 0 spiro atoms. The molecule has 0 bridgehead atoms. The zero-order valence-electron chi connectivity index (χ0n) is 18.9. The van der Waals surface area contributed by atoms with E-state index in [0.717, 1.165) is 12.8 Å². The third-order valence-corrected chi connectivity index (χ3v) is 5.07. The van der Waals surface area contributed by atoms with Gasteiger partial charge in [0.1, 0.15) is 5.75 Å². The van der Waals surface area contributed by atoms with Gasteiger partial charge in [-0.15, -0.1) is 0 Å². The number of carbonyl (C=O) groups excluding carboxylic acids is 3. The minimum Gasteiger partial charge on any atom is -0.508 e. The van der Waals surface area contributed by atoms with E-state index >= 15 is 0 Å². The van der Waals surface area contributed by atoms with Crippen LogP contribution in [0.5, 0.6) is 5.75 Å². The molecule has 1 atom stereocenters. The molecule has 0 saturated heterocycles. The van der Waals surface area contributed by atoms with Crippen molar-refractivity contribution in [2.45, 2.75) is 60.3 Å². The van der Waals surface area contributed by atoms with Gasteiger partial charge < -0.3 is 19.9 Å². The number of hydrogen-bond donors (Lipinski definition) is 2. The first kappa shape index (κ1) is 25.5. The van der Waals surface area contributed by atoms with Crippen LogP contribution in [-0.4, -0.2) is 36.7 Å². The Kier molecular flexibility index (Phi) is 9.33. The largest absolute Gasteiger partial charge is 0.508 e. The van der Waals surface area contributed by atoms with Crippen molar-refractivity contribution in [3.05, 3.63) is 24.3 Å². The molecule has 1 unspecified atom stereocenters. The normalized spacial score (nSPS) is 12.7. The smallest absolute Gasteiger partial charge is 0.311 e. The van der Waals surface area contributed by atoms with Crippen LogP contribution in [0.25, 0.3) is 0 Å². The number of ether oxygens (including phenoxy) is 2. The molecule has 0 aliphatic heterocycles. The molecule has 168 valence electrons. The fourth-order valence-corrected chi connectivity index (χ4v) is 3.20. The van der Waals surface area contributed by atoms with Crippen LogP contribution >= 0.6 is 0 Å². The number of nitrogens with one attached hydrogen (secondary N) is 1. The molecule has 7 nitrogen and oxygen atoms in total. The van der Waals surface area contributed by atoms with Gasteiger partial charge in [0.05, 0.1) is 25.0 Å². The highest BCUT2D eigenvalue weighted by atomic mass is 16.5. The first-order valence-electron chi connectivity index (χ1n) is 10.3. The molecular weight excluding hydrogens is 386 g/mol. The Bertz CT molecular complexity index is 724. The van der Waals surface area contributed by atoms with Gasteiger partial charge in [-0.25, -0.2) is 0 Å². The van der Waals surface area contributed by atoms with Crippen LogP contribution in [0.1, 0.15) is 60.3 Å². The van der Waals surface area contributed by atoms with Crippen LogP contribution in [0.3, 0.4) is 0 Å². The first-order chi connectivity index (χ1) is 13.9. The minimum atomic E-state index is -0.904. The van der Waals surface area contributed by atoms with Crippen LogP contribution < -0.4 is 5.32 Å². The van der Waals surface area contributed by atoms with Crippen LogP contribution in [0.4, 0.5) is 5.69 Å². The van der Waals surface area contributed by atoms with Crippen molar-refractivity contribution in [3.8, 4) is 5.75 Å². The molecule has 2 N–H and O–H groups in total. The number of carbonyl (C=O) groups is 3. The Morgan fingerprint density at radius 1 is 1.03 bits per heavy atom. The number of benzene rings is 1. The van der Waals surface area contributed by atoms with E-state index in [1.807, 2.05) is 6.92 Å². The highest BCUT2D eigenvalue weighted by Gasteiger charge is 2.40. The standard InChI is InChI=1S/C23H35NO6/c1-7-8-13-30-19(26)16(15-23(4,5)21(28)29-6)14-22(2,3)20(27)24-17-9-11-18(25)12-10-17/h9-12,16,25H,7-8,13-15H2,1-6H3,(H,24,27). The molecule has 1 rings (SSSR count). The number of unbranched alkanes of at least 4 members (excludes halogenated alkanes) is 1. The SMILES string of the molecule is CCCCOC(=O)C(CC(C)(C)C(=O)Nc1ccc(O)cc1)CC(C)(C)C(=O)OC. The van der Waals surface area contributed by atoms with E-state index in [2.05, 4.69) is 5.32 Å². The van der Waals surface area contributed by atoms with Gasteiger partial charge in [-0.05, 0) is 57.4 Å². The van der Waals surface area contributed by atoms with E-state index in [9.17, 15) is 19.5 Å². The van der Waals surface area contributed by atoms with Crippen LogP contribution in [0.2, 0.25) is 0 Å². The summed E-state index contributed by atoms with van der Waals surface area (Å²) in [7, 11) is 1.31. The average molecular weight is 422 g/mol. The van der Waals surface area contributed by atoms with E-state index in [1.165, 1.54) is 19.2 Å². The van der Waals surface area contributed by atoms with Crippen molar-refractivity contribution in [1.29, 1.82) is 0 Å². The summed E-state index contributed by atoms with van der Waals surface area (Å²) in [6.45, 7) is 9.25. The lowest BCUT2D eigenvalue weighted by atomic mass is 9.74. The molecule has 0 radical (unpaired) electrons. The number of hydrogen-bond acceptors (Lipinski definition) is 6. The molecule has 0 fully saturated rings. The monoisotopic (exact) mass is 421 g/mol. The highest BCUT2D eigenvalue weighted by molar-refractivity contribution is 5.95. The summed E-state index contributed by atoms with van der Waals surface area (Å²) >= 11 is 0. The van der Waals surface area contributed by atoms with Crippen molar-refractivity contribution in [3.63, 3.8) is 0 Å². The van der Waals surface area contributed by atoms with Gasteiger partial charge in [-0.3, -0.25) is 14.4 Å². The molecule has 0 aliphatic rings. The summed E-state index contributed by atoms with van der Waals surface area (Å²) in [5.41, 5.74) is -1.26. The number of amides is 1. The number of phenols is 1. The predicted molar refractivity (Wildman–Crippen MR) is 115 cm³/mol. The molecule has 30 heavy (non-hydrogen) atoms. The van der Waals surface area contributed by atoms with Crippen LogP contribution in [0, 0.1) is 16.7 Å². The second-order valence-corrected chi connectivity index (χ2v) is 8.89. The topological polar surface area (TPSA) is 102 Å². The van der Waals surface area contributed by atoms with E-state index in [4.69, 9.17) is 9.47 Å². The maximum Gasteiger partial charge on any atom is 0.311 e. The van der Waals surface area contributed by atoms with Gasteiger partial charge in [-0.1, -0.05) is 27.2 Å². The minimum absolute atomic E-state index is 0.104. The summed E-state index contributed by atoms with van der Waals surface area (Å²) < 4.78 is 10.3. The van der Waals surface area contributed by atoms with Gasteiger partial charge in [-0.2, -0.15) is 0 Å². The van der Waals surface area contributed by atoms with Crippen molar-refractivity contribution >= 4 is 23.5 Å². The van der Waals surface area contributed by atoms with Crippen LogP contribution in [-0.2, 0) is 23.9 Å². The average Bonchev–Trinajstić information content (AvgIpc) is 2.68. The summed E-state index contributed by atoms with van der Waals surface area (Å²) in [6, 6.07) is 6.16. The molecule has 0 aromatic heterocycles. The predicted octanol–water partition coefficient (Wildman–Crippen LogP) is 4.30. The first-order valence-corrected chi connectivity index (χ1v) is 10.3. The third kappa shape index (κ3) is 7.69. The molecule has 7 heteroatoms. The van der Waals surface area contributed by atoms with Crippen molar-refractivity contribution in [1.82, 2.24) is 0 Å². The maximum atomic E-state index is 12.9. The third-order valence-electron chi connectivity index (χ3n) is 5.07. The number of rotatable bonds is 11. The lowest BCUT2D eigenvalue weighted by molar-refractivity contribution is -0.156. The Balaban J connectivity index is 2.97. The molecule has 1 aromatic carbocycles. The number of anilines is 1. The Morgan fingerprint density at radius 2 is 1.60 bits per heavy atom. The van der Waals surface area contributed by atoms with Gasteiger partial charge in [0.25, 0.3) is 0 Å². The van der Waals surface area contributed by atoms with Crippen LogP contribution in [0.15, 0.2) is 24.3 Å². The summed E-state index contributed by atoms with van der Waals surface area (Å²) in [6.07, 6.45) is 2.07. The van der Waals surface area contributed by atoms with Gasteiger partial charge in [0.2, 0.25) is 5.91 Å².